The van der Waals surface area contributed by atoms with Gasteiger partial charge in [0.1, 0.15) is 4.90 Å². The molecule has 0 spiro atoms. The van der Waals surface area contributed by atoms with Crippen LogP contribution in [0.25, 0.3) is 0 Å². The van der Waals surface area contributed by atoms with E-state index < -0.39 is 10.0 Å². The van der Waals surface area contributed by atoms with Gasteiger partial charge in [0.15, 0.2) is 0 Å². The second kappa shape index (κ2) is 10.5. The summed E-state index contributed by atoms with van der Waals surface area (Å²) in [4.78, 5) is 14.4. The smallest absolute Gasteiger partial charge is 0.242 e. The van der Waals surface area contributed by atoms with Crippen molar-refractivity contribution in [1.29, 1.82) is 0 Å². The van der Waals surface area contributed by atoms with E-state index in [-0.39, 0.29) is 22.9 Å². The first-order valence-corrected chi connectivity index (χ1v) is 12.1. The van der Waals surface area contributed by atoms with Crippen LogP contribution < -0.4 is 14.9 Å². The van der Waals surface area contributed by atoms with Gasteiger partial charge in [-0.25, -0.2) is 13.1 Å². The van der Waals surface area contributed by atoms with Gasteiger partial charge in [-0.15, -0.1) is 11.6 Å². The third kappa shape index (κ3) is 6.09. The quantitative estimate of drug-likeness (QED) is 0.579. The number of amides is 1. The number of carbonyl (C=O) groups is 1. The molecule has 1 aliphatic rings. The summed E-state index contributed by atoms with van der Waals surface area (Å²) >= 11 is 5.64. The zero-order chi connectivity index (χ0) is 20.7. The SMILES string of the molecule is CCC(C)NS(=O)(=O)c1cc(NC(=O)CCCCl)ccc1N1CCCCC1C. The molecule has 1 fully saturated rings. The van der Waals surface area contributed by atoms with Crippen molar-refractivity contribution < 1.29 is 13.2 Å². The lowest BCUT2D eigenvalue weighted by Crippen LogP contribution is -2.39. The molecule has 1 saturated heterocycles. The Morgan fingerprint density at radius 2 is 2.11 bits per heavy atom. The molecule has 158 valence electrons. The summed E-state index contributed by atoms with van der Waals surface area (Å²) in [5.74, 6) is 0.246. The van der Waals surface area contributed by atoms with Crippen molar-refractivity contribution in [2.24, 2.45) is 0 Å². The summed E-state index contributed by atoms with van der Waals surface area (Å²) in [5, 5.41) is 2.79. The van der Waals surface area contributed by atoms with E-state index in [0.29, 0.717) is 36.5 Å². The molecular weight excluding hydrogens is 398 g/mol. The lowest BCUT2D eigenvalue weighted by atomic mass is 10.0. The predicted molar refractivity (Wildman–Crippen MR) is 116 cm³/mol. The molecule has 0 bridgehead atoms. The van der Waals surface area contributed by atoms with Gasteiger partial charge in [-0.2, -0.15) is 0 Å². The topological polar surface area (TPSA) is 78.5 Å². The molecule has 1 aromatic carbocycles. The lowest BCUT2D eigenvalue weighted by Gasteiger charge is -2.36. The van der Waals surface area contributed by atoms with Crippen molar-refractivity contribution in [1.82, 2.24) is 4.72 Å². The molecule has 8 heteroatoms. The van der Waals surface area contributed by atoms with Crippen LogP contribution in [0.3, 0.4) is 0 Å². The number of carbonyl (C=O) groups excluding carboxylic acids is 1. The number of nitrogens with zero attached hydrogens (tertiary/aromatic N) is 1. The van der Waals surface area contributed by atoms with E-state index in [1.807, 2.05) is 19.9 Å². The van der Waals surface area contributed by atoms with Crippen molar-refractivity contribution >= 4 is 38.9 Å². The second-order valence-electron chi connectivity index (χ2n) is 7.49. The fraction of sp³-hybridized carbons (Fsp3) is 0.650. The standard InChI is InChI=1S/C20H32ClN3O3S/c1-4-15(2)23-28(26,27)19-14-17(22-20(25)9-7-12-21)10-11-18(19)24-13-6-5-8-16(24)3/h10-11,14-16,23H,4-9,12-13H2,1-3H3,(H,22,25). The van der Waals surface area contributed by atoms with Gasteiger partial charge in [-0.1, -0.05) is 6.92 Å². The lowest BCUT2D eigenvalue weighted by molar-refractivity contribution is -0.116. The van der Waals surface area contributed by atoms with E-state index in [0.717, 1.165) is 25.8 Å². The van der Waals surface area contributed by atoms with Crippen molar-refractivity contribution in [3.8, 4) is 0 Å². The number of rotatable bonds is 9. The summed E-state index contributed by atoms with van der Waals surface area (Å²) in [6.07, 6.45) is 4.82. The maximum atomic E-state index is 13.1. The van der Waals surface area contributed by atoms with Gasteiger partial charge >= 0.3 is 0 Å². The van der Waals surface area contributed by atoms with Crippen molar-refractivity contribution in [3.63, 3.8) is 0 Å². The molecule has 0 aromatic heterocycles. The Hall–Kier alpha value is -1.31. The number of hydrogen-bond acceptors (Lipinski definition) is 4. The Morgan fingerprint density at radius 3 is 2.75 bits per heavy atom. The summed E-state index contributed by atoms with van der Waals surface area (Å²) in [5.41, 5.74) is 1.18. The first-order chi connectivity index (χ1) is 13.3. The molecular formula is C20H32ClN3O3S. The minimum Gasteiger partial charge on any atom is -0.368 e. The van der Waals surface area contributed by atoms with Gasteiger partial charge < -0.3 is 10.2 Å². The Labute approximate surface area is 174 Å². The van der Waals surface area contributed by atoms with Crippen molar-refractivity contribution in [3.05, 3.63) is 18.2 Å². The monoisotopic (exact) mass is 429 g/mol. The number of alkyl halides is 1. The number of anilines is 2. The minimum atomic E-state index is -3.71. The third-order valence-electron chi connectivity index (χ3n) is 5.15. The average Bonchev–Trinajstić information content (AvgIpc) is 2.66. The molecule has 0 radical (unpaired) electrons. The fourth-order valence-corrected chi connectivity index (χ4v) is 5.06. The highest BCUT2D eigenvalue weighted by atomic mass is 35.5. The fourth-order valence-electron chi connectivity index (χ4n) is 3.36. The van der Waals surface area contributed by atoms with Gasteiger partial charge in [0, 0.05) is 36.6 Å². The van der Waals surface area contributed by atoms with E-state index in [1.165, 1.54) is 0 Å². The molecule has 2 atom stereocenters. The number of piperidine rings is 1. The Bertz CT molecular complexity index is 770. The third-order valence-corrected chi connectivity index (χ3v) is 7.04. The van der Waals surface area contributed by atoms with E-state index >= 15 is 0 Å². The number of nitrogens with one attached hydrogen (secondary N) is 2. The van der Waals surface area contributed by atoms with Crippen LogP contribution in [0.4, 0.5) is 11.4 Å². The number of halogens is 1. The molecule has 1 amide bonds. The van der Waals surface area contributed by atoms with Crippen LogP contribution in [0.15, 0.2) is 23.1 Å². The second-order valence-corrected chi connectivity index (χ2v) is 9.55. The minimum absolute atomic E-state index is 0.168. The molecule has 28 heavy (non-hydrogen) atoms. The van der Waals surface area contributed by atoms with E-state index in [1.54, 1.807) is 12.1 Å². The summed E-state index contributed by atoms with van der Waals surface area (Å²) < 4.78 is 29.0. The van der Waals surface area contributed by atoms with E-state index in [4.69, 9.17) is 11.6 Å². The highest BCUT2D eigenvalue weighted by Crippen LogP contribution is 2.33. The van der Waals surface area contributed by atoms with Crippen LogP contribution in [0.1, 0.15) is 59.3 Å². The number of hydrogen-bond donors (Lipinski definition) is 2. The van der Waals surface area contributed by atoms with Crippen LogP contribution in [0.2, 0.25) is 0 Å². The van der Waals surface area contributed by atoms with Gasteiger partial charge in [-0.3, -0.25) is 4.79 Å². The first kappa shape index (κ1) is 23.0. The van der Waals surface area contributed by atoms with Crippen LogP contribution in [-0.4, -0.2) is 38.8 Å². The van der Waals surface area contributed by atoms with Crippen molar-refractivity contribution in [2.45, 2.75) is 76.3 Å². The molecule has 1 aliphatic heterocycles. The maximum Gasteiger partial charge on any atom is 0.242 e. The van der Waals surface area contributed by atoms with Crippen molar-refractivity contribution in [2.75, 3.05) is 22.6 Å². The zero-order valence-corrected chi connectivity index (χ0v) is 18.6. The van der Waals surface area contributed by atoms with Gasteiger partial charge in [-0.05, 0) is 64.2 Å². The van der Waals surface area contributed by atoms with Gasteiger partial charge in [0.05, 0.1) is 5.69 Å². The molecule has 2 N–H and O–H groups in total. The molecule has 6 nitrogen and oxygen atoms in total. The highest BCUT2D eigenvalue weighted by Gasteiger charge is 2.27. The van der Waals surface area contributed by atoms with Crippen LogP contribution in [0, 0.1) is 0 Å². The number of sulfonamides is 1. The Morgan fingerprint density at radius 1 is 1.36 bits per heavy atom. The zero-order valence-electron chi connectivity index (χ0n) is 17.0. The van der Waals surface area contributed by atoms with Crippen LogP contribution in [0.5, 0.6) is 0 Å². The largest absolute Gasteiger partial charge is 0.368 e. The molecule has 0 saturated carbocycles. The first-order valence-electron chi connectivity index (χ1n) is 10.1. The van der Waals surface area contributed by atoms with Gasteiger partial charge in [0.25, 0.3) is 0 Å². The van der Waals surface area contributed by atoms with E-state index in [9.17, 15) is 13.2 Å². The molecule has 2 unspecified atom stereocenters. The molecule has 1 aromatic rings. The molecule has 0 aliphatic carbocycles. The Kier molecular flexibility index (Phi) is 8.58. The normalized spacial score (nSPS) is 18.7. The maximum absolute atomic E-state index is 13.1. The molecule has 1 heterocycles. The van der Waals surface area contributed by atoms with Crippen LogP contribution in [-0.2, 0) is 14.8 Å². The van der Waals surface area contributed by atoms with Gasteiger partial charge in [0.2, 0.25) is 15.9 Å². The summed E-state index contributed by atoms with van der Waals surface area (Å²) in [7, 11) is -3.71. The highest BCUT2D eigenvalue weighted by molar-refractivity contribution is 7.89. The number of benzene rings is 1. The summed E-state index contributed by atoms with van der Waals surface area (Å²) in [6.45, 7) is 6.74. The Balaban J connectivity index is 2.40. The average molecular weight is 430 g/mol. The molecule has 2 rings (SSSR count). The van der Waals surface area contributed by atoms with Crippen LogP contribution >= 0.6 is 11.6 Å². The van der Waals surface area contributed by atoms with E-state index in [2.05, 4.69) is 21.9 Å². The summed E-state index contributed by atoms with van der Waals surface area (Å²) in [6, 6.07) is 5.26. The predicted octanol–water partition coefficient (Wildman–Crippen LogP) is 4.10.